The van der Waals surface area contributed by atoms with Crippen LogP contribution in [-0.2, 0) is 22.6 Å². The van der Waals surface area contributed by atoms with Crippen LogP contribution in [0.25, 0.3) is 10.6 Å². The van der Waals surface area contributed by atoms with Crippen molar-refractivity contribution >= 4 is 93.4 Å². The summed E-state index contributed by atoms with van der Waals surface area (Å²) < 4.78 is 0.885. The van der Waals surface area contributed by atoms with Gasteiger partial charge in [-0.15, -0.1) is 20.5 Å². The normalized spacial score (nSPS) is 11.2. The summed E-state index contributed by atoms with van der Waals surface area (Å²) in [6.07, 6.45) is -1.12. The number of nitrogens with zero attached hydrogens (tertiary/aromatic N) is 12. The second kappa shape index (κ2) is 20.7. The van der Waals surface area contributed by atoms with Crippen LogP contribution in [-0.4, -0.2) is 107 Å². The minimum atomic E-state index is -1.65. The predicted molar refractivity (Wildman–Crippen MR) is 230 cm³/mol. The number of aromatic carboxylic acids is 4. The van der Waals surface area contributed by atoms with Gasteiger partial charge in [-0.2, -0.15) is 25.2 Å². The summed E-state index contributed by atoms with van der Waals surface area (Å²) in [5.74, 6) is -12.8. The van der Waals surface area contributed by atoms with Crippen LogP contribution < -0.4 is 16.4 Å². The number of anilines is 1. The molecule has 0 fully saturated rings. The molecule has 0 saturated carbocycles. The lowest BCUT2D eigenvalue weighted by Crippen LogP contribution is -2.27. The smallest absolute Gasteiger partial charge is 0.337 e. The molecule has 0 radical (unpaired) electrons. The molecule has 5 aromatic rings. The third-order valence-corrected chi connectivity index (χ3v) is 9.22. The number of aromatic hydroxyl groups is 2. The number of aliphatic imine (C=N–C) groups is 1. The van der Waals surface area contributed by atoms with Crippen molar-refractivity contribution in [1.82, 2.24) is 24.1 Å². The fourth-order valence-electron chi connectivity index (χ4n) is 6.08. The molecule has 3 aromatic heterocycles. The Bertz CT molecular complexity index is 3300. The fraction of sp³-hybridized carbons (Fsp3) is 0.103. The molecule has 0 atom stereocenters. The number of hydrogen-bond donors (Lipinski definition) is 9. The van der Waals surface area contributed by atoms with Crippen molar-refractivity contribution < 1.29 is 69.9 Å². The number of nitrogens with one attached hydrogen (secondary N) is 1. The van der Waals surface area contributed by atoms with E-state index < -0.39 is 168 Å². The quantitative estimate of drug-likeness (QED) is 0.0111. The molecule has 69 heavy (non-hydrogen) atoms. The Balaban J connectivity index is 1.56. The molecule has 0 spiro atoms. The first-order valence-corrected chi connectivity index (χ1v) is 18.8. The average Bonchev–Trinajstić information content (AvgIpc) is 3.28. The van der Waals surface area contributed by atoms with E-state index in [0.29, 0.717) is 9.13 Å². The van der Waals surface area contributed by atoms with E-state index in [1.807, 2.05) is 0 Å². The van der Waals surface area contributed by atoms with E-state index >= 15 is 0 Å². The molecule has 0 bridgehead atoms. The van der Waals surface area contributed by atoms with E-state index in [-0.39, 0.29) is 0 Å². The Hall–Kier alpha value is -10.3. The lowest BCUT2D eigenvalue weighted by atomic mass is 10.1. The van der Waals surface area contributed by atoms with Gasteiger partial charge in [0.1, 0.15) is 34.5 Å². The molecule has 9 N–H and O–H groups in total. The highest BCUT2D eigenvalue weighted by Gasteiger charge is 2.28. The van der Waals surface area contributed by atoms with Crippen LogP contribution in [0.5, 0.6) is 11.8 Å². The zero-order valence-corrected chi connectivity index (χ0v) is 35.1. The van der Waals surface area contributed by atoms with Crippen LogP contribution in [0.15, 0.2) is 78.0 Å². The van der Waals surface area contributed by atoms with Gasteiger partial charge < -0.3 is 46.0 Å². The van der Waals surface area contributed by atoms with Crippen LogP contribution >= 0.6 is 11.6 Å². The third-order valence-electron chi connectivity index (χ3n) is 9.05. The lowest BCUT2D eigenvalue weighted by molar-refractivity contribution is -0.169. The Morgan fingerprint density at radius 2 is 1.33 bits per heavy atom. The third kappa shape index (κ3) is 10.3. The topological polar surface area (TPSA) is 441 Å². The van der Waals surface area contributed by atoms with E-state index in [0.717, 1.165) is 43.3 Å². The summed E-state index contributed by atoms with van der Waals surface area (Å²) in [7, 11) is 0. The second-order valence-electron chi connectivity index (χ2n) is 13.2. The number of rotatable bonds is 17. The SMILES string of the molecule is [C-]#[N+]c1c(CC(=O)O)c(N=Nc2c(C(=O)O)cccc2C(=O)O)c(=O)n(C(C)=Nc2nc(Cl)nc(NCCn3c(O)c(C#N)c(C(=C)OO)c(N=Nc4c(C(=O)O)cccc4C(=O)O)c3=O)n2)c1O. The van der Waals surface area contributed by atoms with E-state index in [2.05, 4.69) is 62.0 Å². The summed E-state index contributed by atoms with van der Waals surface area (Å²) in [6, 6.07) is 7.69. The maximum Gasteiger partial charge on any atom is 0.337 e. The summed E-state index contributed by atoms with van der Waals surface area (Å²) in [5, 5.41) is 106. The second-order valence-corrected chi connectivity index (χ2v) is 13.5. The molecule has 0 amide bonds. The number of carboxylic acid groups (broad SMARTS) is 5. The van der Waals surface area contributed by atoms with E-state index in [9.17, 15) is 79.8 Å². The molecule has 0 unspecified atom stereocenters. The van der Waals surface area contributed by atoms with Crippen LogP contribution in [0.4, 0.5) is 40.3 Å². The molecule has 29 nitrogen and oxygen atoms in total. The van der Waals surface area contributed by atoms with Crippen LogP contribution in [0.3, 0.4) is 0 Å². The van der Waals surface area contributed by atoms with Gasteiger partial charge in [0, 0.05) is 18.7 Å². The van der Waals surface area contributed by atoms with Gasteiger partial charge in [0.15, 0.2) is 11.4 Å². The number of azo groups is 2. The monoisotopic (exact) mass is 967 g/mol. The largest absolute Gasteiger partial charge is 0.502 e. The van der Waals surface area contributed by atoms with Crippen LogP contribution in [0.2, 0.25) is 5.28 Å². The van der Waals surface area contributed by atoms with Crippen molar-refractivity contribution in [2.24, 2.45) is 25.4 Å². The lowest BCUT2D eigenvalue weighted by Gasteiger charge is -2.15. The van der Waals surface area contributed by atoms with Crippen molar-refractivity contribution in [3.63, 3.8) is 0 Å². The number of carbonyl (C=O) groups is 5. The average molecular weight is 968 g/mol. The molecule has 5 rings (SSSR count). The maximum atomic E-state index is 14.0. The van der Waals surface area contributed by atoms with Gasteiger partial charge in [0.25, 0.3) is 22.8 Å². The molecule has 2 aromatic carbocycles. The minimum absolute atomic E-state index is 0.346. The van der Waals surface area contributed by atoms with Gasteiger partial charge in [-0.25, -0.2) is 33.8 Å². The van der Waals surface area contributed by atoms with Gasteiger partial charge in [0.2, 0.25) is 23.0 Å². The number of aromatic nitrogens is 5. The Kier molecular flexibility index (Phi) is 14.9. The van der Waals surface area contributed by atoms with Gasteiger partial charge in [-0.1, -0.05) is 18.7 Å². The Labute approximate surface area is 386 Å². The zero-order chi connectivity index (χ0) is 51.0. The molecule has 0 aliphatic carbocycles. The molecular formula is C39H26ClN13O16. The predicted octanol–water partition coefficient (Wildman–Crippen LogP) is 5.10. The van der Waals surface area contributed by atoms with Crippen molar-refractivity contribution in [3.05, 3.63) is 119 Å². The number of benzene rings is 2. The zero-order valence-electron chi connectivity index (χ0n) is 34.4. The van der Waals surface area contributed by atoms with Gasteiger partial charge in [-0.05, 0) is 42.8 Å². The molecular weight excluding hydrogens is 942 g/mol. The summed E-state index contributed by atoms with van der Waals surface area (Å²) in [5.41, 5.74) is -11.8. The molecule has 0 aliphatic heterocycles. The van der Waals surface area contributed by atoms with E-state index in [1.165, 1.54) is 0 Å². The first kappa shape index (κ1) is 49.8. The highest BCUT2D eigenvalue weighted by atomic mass is 35.5. The molecule has 3 heterocycles. The molecule has 350 valence electrons. The van der Waals surface area contributed by atoms with E-state index in [1.54, 1.807) is 6.07 Å². The number of pyridine rings is 2. The number of halogens is 1. The highest BCUT2D eigenvalue weighted by molar-refractivity contribution is 6.28. The number of aliphatic carboxylic acids is 1. The van der Waals surface area contributed by atoms with Crippen molar-refractivity contribution in [2.75, 3.05) is 11.9 Å². The minimum Gasteiger partial charge on any atom is -0.502 e. The van der Waals surface area contributed by atoms with Gasteiger partial charge in [-0.3, -0.25) is 19.0 Å². The van der Waals surface area contributed by atoms with Gasteiger partial charge >= 0.3 is 29.8 Å². The number of nitriles is 1. The fourth-order valence-corrected chi connectivity index (χ4v) is 6.23. The summed E-state index contributed by atoms with van der Waals surface area (Å²) in [4.78, 5) is 110. The Morgan fingerprint density at radius 3 is 1.80 bits per heavy atom. The Morgan fingerprint density at radius 1 is 0.826 bits per heavy atom. The van der Waals surface area contributed by atoms with Crippen molar-refractivity contribution in [3.8, 4) is 17.8 Å². The maximum absolute atomic E-state index is 14.0. The van der Waals surface area contributed by atoms with Crippen LogP contribution in [0.1, 0.15) is 65.0 Å². The summed E-state index contributed by atoms with van der Waals surface area (Å²) >= 11 is 6.10. The van der Waals surface area contributed by atoms with Crippen LogP contribution in [0, 0.1) is 17.9 Å². The molecule has 30 heteroatoms. The highest BCUT2D eigenvalue weighted by Crippen LogP contribution is 2.38. The van der Waals surface area contributed by atoms with Gasteiger partial charge in [0.05, 0.1) is 40.8 Å². The summed E-state index contributed by atoms with van der Waals surface area (Å²) in [6.45, 7) is 11.0. The first-order chi connectivity index (χ1) is 32.7. The van der Waals surface area contributed by atoms with Crippen molar-refractivity contribution in [1.29, 1.82) is 5.26 Å². The first-order valence-electron chi connectivity index (χ1n) is 18.4. The van der Waals surface area contributed by atoms with E-state index in [4.69, 9.17) is 18.2 Å². The molecule has 0 saturated heterocycles. The standard InChI is InChI=1S/C39H26ClN13O16/c1-14(69-68)23-21(13-41)29(56)52(30(57)28(23)51-49-25-18(35(64)65)8-5-9-19(25)36(66)67)11-10-43-38-45-37(40)46-39(47-38)44-15(2)53-31(58)26(42-3)20(12-22(54)55)27(32(53)59)50-48-24-16(33(60)61)6-4-7-17(24)34(62)63/h4-9,56,58,68H,1,10-12H2,2H3,(H,54,55)(H,60,61)(H,62,63)(H,64,65)(H,66,67)(H,43,45,46,47). The molecule has 0 aliphatic rings. The number of carboxylic acids is 5. The van der Waals surface area contributed by atoms with Crippen molar-refractivity contribution in [2.45, 2.75) is 19.9 Å². The number of hydrogen-bond acceptors (Lipinski definition) is 21.